The van der Waals surface area contributed by atoms with Gasteiger partial charge in [-0.1, -0.05) is 18.5 Å². The van der Waals surface area contributed by atoms with Crippen molar-refractivity contribution in [3.8, 4) is 0 Å². The third-order valence-electron chi connectivity index (χ3n) is 2.95. The fourth-order valence-electron chi connectivity index (χ4n) is 1.99. The molecule has 0 fully saturated rings. The predicted octanol–water partition coefficient (Wildman–Crippen LogP) is 2.61. The topological polar surface area (TPSA) is 47.0 Å². The zero-order valence-corrected chi connectivity index (χ0v) is 10.8. The first kappa shape index (κ1) is 12.3. The second kappa shape index (κ2) is 5.47. The maximum Gasteiger partial charge on any atom is 0.147 e. The van der Waals surface area contributed by atoms with Crippen molar-refractivity contribution in [2.45, 2.75) is 32.4 Å². The van der Waals surface area contributed by atoms with E-state index in [1.807, 2.05) is 0 Å². The van der Waals surface area contributed by atoms with E-state index < -0.39 is 0 Å². The normalized spacial score (nSPS) is 20.3. The van der Waals surface area contributed by atoms with Crippen LogP contribution in [0.3, 0.4) is 0 Å². The first-order chi connectivity index (χ1) is 8.24. The summed E-state index contributed by atoms with van der Waals surface area (Å²) in [6.07, 6.45) is 6.33. The van der Waals surface area contributed by atoms with Gasteiger partial charge in [-0.05, 0) is 24.8 Å². The van der Waals surface area contributed by atoms with Crippen LogP contribution < -0.4 is 5.32 Å². The lowest BCUT2D eigenvalue weighted by molar-refractivity contribution is 0.0771. The standard InChI is InChI=1S/C12H16ClN3O/c1-3-8-4-5-11(17-2)16-12(8)9-6-15-10(13)7-14-9/h6-7,11,16H,3-5H2,1-2H3. The Labute approximate surface area is 106 Å². The molecule has 1 aromatic rings. The molecule has 5 heteroatoms. The SMILES string of the molecule is CCC1=C(c2cnc(Cl)cn2)NC(OC)CC1. The van der Waals surface area contributed by atoms with E-state index in [-0.39, 0.29) is 6.23 Å². The van der Waals surface area contributed by atoms with E-state index in [2.05, 4.69) is 22.2 Å². The average Bonchev–Trinajstić information content (AvgIpc) is 2.39. The number of halogens is 1. The second-order valence-corrected chi connectivity index (χ2v) is 4.35. The van der Waals surface area contributed by atoms with Gasteiger partial charge in [-0.2, -0.15) is 0 Å². The molecule has 1 aliphatic heterocycles. The van der Waals surface area contributed by atoms with E-state index in [0.29, 0.717) is 5.15 Å². The van der Waals surface area contributed by atoms with Crippen molar-refractivity contribution in [1.29, 1.82) is 0 Å². The van der Waals surface area contributed by atoms with Gasteiger partial charge in [0, 0.05) is 7.11 Å². The van der Waals surface area contributed by atoms with E-state index in [1.165, 1.54) is 5.57 Å². The monoisotopic (exact) mass is 253 g/mol. The van der Waals surface area contributed by atoms with Gasteiger partial charge in [-0.15, -0.1) is 0 Å². The van der Waals surface area contributed by atoms with Gasteiger partial charge in [-0.25, -0.2) is 9.97 Å². The number of methoxy groups -OCH3 is 1. The number of rotatable bonds is 3. The van der Waals surface area contributed by atoms with Gasteiger partial charge in [0.25, 0.3) is 0 Å². The summed E-state index contributed by atoms with van der Waals surface area (Å²) in [6.45, 7) is 2.15. The highest BCUT2D eigenvalue weighted by Crippen LogP contribution is 2.26. The number of allylic oxidation sites excluding steroid dienone is 1. The van der Waals surface area contributed by atoms with Crippen LogP contribution in [0, 0.1) is 0 Å². The predicted molar refractivity (Wildman–Crippen MR) is 67.4 cm³/mol. The van der Waals surface area contributed by atoms with Crippen molar-refractivity contribution in [3.63, 3.8) is 0 Å². The minimum absolute atomic E-state index is 0.0535. The van der Waals surface area contributed by atoms with E-state index in [1.54, 1.807) is 19.5 Å². The van der Waals surface area contributed by atoms with Gasteiger partial charge < -0.3 is 10.1 Å². The number of nitrogens with one attached hydrogen (secondary N) is 1. The molecule has 92 valence electrons. The highest BCUT2D eigenvalue weighted by atomic mass is 35.5. The lowest BCUT2D eigenvalue weighted by Gasteiger charge is -2.27. The Morgan fingerprint density at radius 3 is 2.88 bits per heavy atom. The molecule has 1 aromatic heterocycles. The average molecular weight is 254 g/mol. The molecule has 1 atom stereocenters. The van der Waals surface area contributed by atoms with E-state index >= 15 is 0 Å². The van der Waals surface area contributed by atoms with Gasteiger partial charge in [0.05, 0.1) is 18.1 Å². The molecule has 17 heavy (non-hydrogen) atoms. The van der Waals surface area contributed by atoms with Crippen LogP contribution in [0.2, 0.25) is 5.15 Å². The van der Waals surface area contributed by atoms with Crippen LogP contribution in [0.4, 0.5) is 0 Å². The molecular weight excluding hydrogens is 238 g/mol. The molecule has 2 heterocycles. The zero-order chi connectivity index (χ0) is 12.3. The third kappa shape index (κ3) is 2.76. The first-order valence-electron chi connectivity index (χ1n) is 5.74. The molecule has 0 aromatic carbocycles. The first-order valence-corrected chi connectivity index (χ1v) is 6.11. The van der Waals surface area contributed by atoms with Crippen LogP contribution in [0.1, 0.15) is 31.9 Å². The van der Waals surface area contributed by atoms with Gasteiger partial charge in [0.15, 0.2) is 0 Å². The second-order valence-electron chi connectivity index (χ2n) is 3.96. The fraction of sp³-hybridized carbons (Fsp3) is 0.500. The Balaban J connectivity index is 2.31. The van der Waals surface area contributed by atoms with Gasteiger partial charge in [-0.3, -0.25) is 0 Å². The van der Waals surface area contributed by atoms with E-state index in [0.717, 1.165) is 30.7 Å². The Morgan fingerprint density at radius 1 is 1.47 bits per heavy atom. The van der Waals surface area contributed by atoms with Gasteiger partial charge >= 0.3 is 0 Å². The van der Waals surface area contributed by atoms with Crippen molar-refractivity contribution in [2.75, 3.05) is 7.11 Å². The fourth-order valence-corrected chi connectivity index (χ4v) is 2.09. The number of ether oxygens (including phenoxy) is 1. The summed E-state index contributed by atoms with van der Waals surface area (Å²) in [5.41, 5.74) is 3.22. The Morgan fingerprint density at radius 2 is 2.29 bits per heavy atom. The van der Waals surface area contributed by atoms with Crippen molar-refractivity contribution >= 4 is 17.3 Å². The van der Waals surface area contributed by atoms with Crippen LogP contribution in [-0.2, 0) is 4.74 Å². The summed E-state index contributed by atoms with van der Waals surface area (Å²) in [7, 11) is 1.71. The molecule has 0 spiro atoms. The molecule has 0 aliphatic carbocycles. The molecule has 0 saturated heterocycles. The number of nitrogens with zero attached hydrogens (tertiary/aromatic N) is 2. The molecule has 1 unspecified atom stereocenters. The minimum Gasteiger partial charge on any atom is -0.362 e. The largest absolute Gasteiger partial charge is 0.362 e. The van der Waals surface area contributed by atoms with Crippen LogP contribution in [0.15, 0.2) is 18.0 Å². The van der Waals surface area contributed by atoms with Crippen LogP contribution in [0.25, 0.3) is 5.70 Å². The molecule has 0 saturated carbocycles. The Bertz CT molecular complexity index is 416. The van der Waals surface area contributed by atoms with Gasteiger partial charge in [0.1, 0.15) is 17.1 Å². The highest BCUT2D eigenvalue weighted by Gasteiger charge is 2.20. The molecule has 4 nitrogen and oxygen atoms in total. The molecule has 0 amide bonds. The lowest BCUT2D eigenvalue weighted by Crippen LogP contribution is -2.34. The molecule has 1 N–H and O–H groups in total. The summed E-state index contributed by atoms with van der Waals surface area (Å²) < 4.78 is 5.34. The van der Waals surface area contributed by atoms with Crippen LogP contribution in [-0.4, -0.2) is 23.3 Å². The summed E-state index contributed by atoms with van der Waals surface area (Å²) in [4.78, 5) is 8.36. The zero-order valence-electron chi connectivity index (χ0n) is 10.0. The molecule has 0 bridgehead atoms. The minimum atomic E-state index is 0.0535. The van der Waals surface area contributed by atoms with Crippen molar-refractivity contribution in [3.05, 3.63) is 28.8 Å². The molecule has 1 aliphatic rings. The smallest absolute Gasteiger partial charge is 0.147 e. The van der Waals surface area contributed by atoms with E-state index in [9.17, 15) is 0 Å². The molecular formula is C12H16ClN3O. The lowest BCUT2D eigenvalue weighted by atomic mass is 9.99. The molecule has 0 radical (unpaired) electrons. The quantitative estimate of drug-likeness (QED) is 0.900. The van der Waals surface area contributed by atoms with Gasteiger partial charge in [0.2, 0.25) is 0 Å². The number of aromatic nitrogens is 2. The Kier molecular flexibility index (Phi) is 3.97. The number of hydrogen-bond donors (Lipinski definition) is 1. The summed E-state index contributed by atoms with van der Waals surface area (Å²) in [6, 6.07) is 0. The van der Waals surface area contributed by atoms with Crippen molar-refractivity contribution < 1.29 is 4.74 Å². The highest BCUT2D eigenvalue weighted by molar-refractivity contribution is 6.29. The Hall–Kier alpha value is -1.13. The summed E-state index contributed by atoms with van der Waals surface area (Å²) in [5, 5.41) is 3.76. The molecule has 2 rings (SSSR count). The third-order valence-corrected chi connectivity index (χ3v) is 3.15. The maximum absolute atomic E-state index is 5.74. The van der Waals surface area contributed by atoms with Crippen LogP contribution in [0.5, 0.6) is 0 Å². The maximum atomic E-state index is 5.74. The number of hydrogen-bond acceptors (Lipinski definition) is 4. The summed E-state index contributed by atoms with van der Waals surface area (Å²) >= 11 is 5.74. The van der Waals surface area contributed by atoms with Crippen molar-refractivity contribution in [1.82, 2.24) is 15.3 Å². The van der Waals surface area contributed by atoms with E-state index in [4.69, 9.17) is 16.3 Å². The summed E-state index contributed by atoms with van der Waals surface area (Å²) in [5.74, 6) is 0. The van der Waals surface area contributed by atoms with Crippen molar-refractivity contribution in [2.24, 2.45) is 0 Å². The van der Waals surface area contributed by atoms with Crippen LogP contribution >= 0.6 is 11.6 Å².